The molecule has 7 rings (SSSR count). The summed E-state index contributed by atoms with van der Waals surface area (Å²) in [6, 6.07) is 17.3. The number of ether oxygens (including phenoxy) is 2. The van der Waals surface area contributed by atoms with Crippen molar-refractivity contribution >= 4 is 22.6 Å². The van der Waals surface area contributed by atoms with Crippen molar-refractivity contribution in [2.45, 2.75) is 51.4 Å². The third-order valence-corrected chi connectivity index (χ3v) is 8.93. The number of fused-ring (bicyclic) bond motifs is 4. The lowest BCUT2D eigenvalue weighted by Crippen LogP contribution is -2.35. The molecule has 3 aliphatic heterocycles. The molecule has 3 aromatic rings. The van der Waals surface area contributed by atoms with Crippen LogP contribution in [0.25, 0.3) is 10.9 Å². The number of aromatic nitrogens is 1. The molecule has 1 aliphatic carbocycles. The van der Waals surface area contributed by atoms with Crippen LogP contribution in [0.4, 0.5) is 5.69 Å². The number of esters is 1. The summed E-state index contributed by atoms with van der Waals surface area (Å²) in [6.45, 7) is 6.21. The van der Waals surface area contributed by atoms with E-state index in [4.69, 9.17) is 14.5 Å². The molecule has 0 radical (unpaired) electrons. The molecular weight excluding hydrogens is 498 g/mol. The molecule has 4 aliphatic rings. The standard InChI is InChI=1S/C34H37N3O3/c1-23-10-13-28-27(6-3-8-30(28)35-23)25-14-18-36(19-15-25)20-16-26-5-2-9-31-33(26)39-22-32-29(7-4-17-37(31)32)34(38)40-21-24-11-12-24/h2-6,8-10,13,17,24-25H,7,11-12,14-16,18-22H2,1H3. The molecule has 6 heteroatoms. The quantitative estimate of drug-likeness (QED) is 0.332. The number of allylic oxidation sites excluding steroid dienone is 1. The van der Waals surface area contributed by atoms with Gasteiger partial charge in [-0.3, -0.25) is 4.98 Å². The molecule has 0 unspecified atom stereocenters. The van der Waals surface area contributed by atoms with E-state index in [1.54, 1.807) is 0 Å². The zero-order valence-electron chi connectivity index (χ0n) is 23.3. The van der Waals surface area contributed by atoms with E-state index in [0.717, 1.165) is 60.0 Å². The number of aryl methyl sites for hydroxylation is 1. The van der Waals surface area contributed by atoms with E-state index < -0.39 is 0 Å². The van der Waals surface area contributed by atoms with Gasteiger partial charge in [-0.15, -0.1) is 0 Å². The third kappa shape index (κ3) is 5.01. The van der Waals surface area contributed by atoms with Crippen LogP contribution in [0.15, 0.2) is 72.1 Å². The highest BCUT2D eigenvalue weighted by Crippen LogP contribution is 2.42. The first-order valence-electron chi connectivity index (χ1n) is 14.8. The first-order chi connectivity index (χ1) is 19.6. The number of anilines is 1. The largest absolute Gasteiger partial charge is 0.485 e. The summed E-state index contributed by atoms with van der Waals surface area (Å²) in [6.07, 6.45) is 10.3. The van der Waals surface area contributed by atoms with Gasteiger partial charge in [-0.05, 0) is 93.3 Å². The number of para-hydroxylation sites is 1. The number of carbonyl (C=O) groups excluding carboxylic acids is 1. The lowest BCUT2D eigenvalue weighted by Gasteiger charge is -2.36. The maximum Gasteiger partial charge on any atom is 0.336 e. The molecule has 4 heterocycles. The summed E-state index contributed by atoms with van der Waals surface area (Å²) in [5, 5.41) is 1.30. The number of piperidine rings is 1. The van der Waals surface area contributed by atoms with Crippen molar-refractivity contribution in [2.24, 2.45) is 5.92 Å². The third-order valence-electron chi connectivity index (χ3n) is 8.93. The lowest BCUT2D eigenvalue weighted by atomic mass is 9.87. The minimum Gasteiger partial charge on any atom is -0.485 e. The second-order valence-electron chi connectivity index (χ2n) is 11.7. The summed E-state index contributed by atoms with van der Waals surface area (Å²) in [5.74, 6) is 1.88. The molecule has 6 nitrogen and oxygen atoms in total. The number of carbonyl (C=O) groups is 1. The first-order valence-corrected chi connectivity index (χ1v) is 14.8. The number of pyridine rings is 1. The van der Waals surface area contributed by atoms with E-state index in [1.165, 1.54) is 42.2 Å². The van der Waals surface area contributed by atoms with Crippen molar-refractivity contribution in [3.8, 4) is 5.75 Å². The molecule has 0 atom stereocenters. The summed E-state index contributed by atoms with van der Waals surface area (Å²) in [5.41, 5.74) is 7.50. The van der Waals surface area contributed by atoms with E-state index in [2.05, 4.69) is 77.5 Å². The fraction of sp³-hybridized carbons (Fsp3) is 0.412. The number of nitrogens with zero attached hydrogens (tertiary/aromatic N) is 3. The normalized spacial score (nSPS) is 19.4. The van der Waals surface area contributed by atoms with Crippen LogP contribution in [-0.2, 0) is 16.0 Å². The minimum atomic E-state index is -0.197. The van der Waals surface area contributed by atoms with Gasteiger partial charge in [0, 0.05) is 30.2 Å². The van der Waals surface area contributed by atoms with Crippen molar-refractivity contribution < 1.29 is 14.3 Å². The molecule has 1 saturated heterocycles. The van der Waals surface area contributed by atoms with Crippen molar-refractivity contribution in [3.05, 3.63) is 88.9 Å². The summed E-state index contributed by atoms with van der Waals surface area (Å²) in [4.78, 5) is 22.3. The molecule has 2 fully saturated rings. The Balaban J connectivity index is 1.01. The van der Waals surface area contributed by atoms with Crippen LogP contribution in [0.2, 0.25) is 0 Å². The maximum absolute atomic E-state index is 12.8. The zero-order valence-corrected chi connectivity index (χ0v) is 23.3. The molecular formula is C34H37N3O3. The van der Waals surface area contributed by atoms with Crippen LogP contribution in [0.5, 0.6) is 5.75 Å². The van der Waals surface area contributed by atoms with Gasteiger partial charge >= 0.3 is 5.97 Å². The predicted molar refractivity (Wildman–Crippen MR) is 157 cm³/mol. The van der Waals surface area contributed by atoms with Gasteiger partial charge in [0.1, 0.15) is 12.4 Å². The van der Waals surface area contributed by atoms with Crippen LogP contribution in [0, 0.1) is 12.8 Å². The predicted octanol–water partition coefficient (Wildman–Crippen LogP) is 6.29. The highest BCUT2D eigenvalue weighted by atomic mass is 16.5. The van der Waals surface area contributed by atoms with Crippen LogP contribution in [0.1, 0.15) is 54.8 Å². The Labute approximate surface area is 236 Å². The van der Waals surface area contributed by atoms with Crippen molar-refractivity contribution in [1.82, 2.24) is 9.88 Å². The maximum atomic E-state index is 12.8. The Morgan fingerprint density at radius 3 is 2.75 bits per heavy atom. The molecule has 2 aromatic carbocycles. The van der Waals surface area contributed by atoms with Crippen LogP contribution < -0.4 is 9.64 Å². The number of benzene rings is 2. The van der Waals surface area contributed by atoms with E-state index in [1.807, 2.05) is 0 Å². The second kappa shape index (κ2) is 10.7. The van der Waals surface area contributed by atoms with Gasteiger partial charge in [-0.1, -0.05) is 36.4 Å². The Hall–Kier alpha value is -3.64. The molecule has 1 saturated carbocycles. The summed E-state index contributed by atoms with van der Waals surface area (Å²) < 4.78 is 12.0. The zero-order chi connectivity index (χ0) is 27.1. The molecule has 0 amide bonds. The summed E-state index contributed by atoms with van der Waals surface area (Å²) >= 11 is 0. The van der Waals surface area contributed by atoms with Crippen molar-refractivity contribution in [3.63, 3.8) is 0 Å². The highest BCUT2D eigenvalue weighted by Gasteiger charge is 2.32. The van der Waals surface area contributed by atoms with Gasteiger partial charge in [-0.25, -0.2) is 4.79 Å². The second-order valence-corrected chi connectivity index (χ2v) is 11.7. The van der Waals surface area contributed by atoms with E-state index in [0.29, 0.717) is 31.5 Å². The monoisotopic (exact) mass is 535 g/mol. The summed E-state index contributed by atoms with van der Waals surface area (Å²) in [7, 11) is 0. The fourth-order valence-electron chi connectivity index (χ4n) is 6.43. The molecule has 206 valence electrons. The van der Waals surface area contributed by atoms with Gasteiger partial charge < -0.3 is 19.3 Å². The lowest BCUT2D eigenvalue weighted by molar-refractivity contribution is -0.139. The molecule has 0 spiro atoms. The Morgan fingerprint density at radius 2 is 1.90 bits per heavy atom. The van der Waals surface area contributed by atoms with E-state index in [-0.39, 0.29) is 5.97 Å². The van der Waals surface area contributed by atoms with Crippen LogP contribution in [-0.4, -0.2) is 48.7 Å². The van der Waals surface area contributed by atoms with E-state index in [9.17, 15) is 4.79 Å². The van der Waals surface area contributed by atoms with Gasteiger partial charge in [0.2, 0.25) is 0 Å². The van der Waals surface area contributed by atoms with Crippen LogP contribution >= 0.6 is 0 Å². The number of rotatable bonds is 7. The minimum absolute atomic E-state index is 0.197. The van der Waals surface area contributed by atoms with Crippen molar-refractivity contribution in [1.29, 1.82) is 0 Å². The SMILES string of the molecule is Cc1ccc2c(C3CCN(CCc4cccc5c4OCC4=C(C(=O)OCC6CC6)CC=CN45)CC3)cccc2n1. The Bertz CT molecular complexity index is 1500. The highest BCUT2D eigenvalue weighted by molar-refractivity contribution is 5.92. The molecule has 1 aromatic heterocycles. The Morgan fingerprint density at radius 1 is 1.05 bits per heavy atom. The van der Waals surface area contributed by atoms with E-state index >= 15 is 0 Å². The molecule has 0 N–H and O–H groups in total. The average molecular weight is 536 g/mol. The molecule has 40 heavy (non-hydrogen) atoms. The van der Waals surface area contributed by atoms with Crippen molar-refractivity contribution in [2.75, 3.05) is 37.7 Å². The van der Waals surface area contributed by atoms with Gasteiger partial charge in [0.15, 0.2) is 0 Å². The first kappa shape index (κ1) is 25.3. The van der Waals surface area contributed by atoms with Gasteiger partial charge in [-0.2, -0.15) is 0 Å². The number of likely N-dealkylation sites (tertiary alicyclic amines) is 1. The van der Waals surface area contributed by atoms with Crippen LogP contribution in [0.3, 0.4) is 0 Å². The van der Waals surface area contributed by atoms with Gasteiger partial charge in [0.05, 0.1) is 29.1 Å². The molecule has 0 bridgehead atoms. The Kier molecular flexibility index (Phi) is 6.80. The van der Waals surface area contributed by atoms with Gasteiger partial charge in [0.25, 0.3) is 0 Å². The average Bonchev–Trinajstić information content (AvgIpc) is 3.83. The fourth-order valence-corrected chi connectivity index (χ4v) is 6.43. The number of hydrogen-bond donors (Lipinski definition) is 0. The topological polar surface area (TPSA) is 54.9 Å². The number of hydrogen-bond acceptors (Lipinski definition) is 6. The smallest absolute Gasteiger partial charge is 0.336 e.